The maximum absolute atomic E-state index is 6.59. The van der Waals surface area contributed by atoms with Gasteiger partial charge in [-0.15, -0.1) is 0 Å². The van der Waals surface area contributed by atoms with Crippen molar-refractivity contribution in [2.24, 2.45) is 0 Å². The van der Waals surface area contributed by atoms with E-state index in [-0.39, 0.29) is 0 Å². The summed E-state index contributed by atoms with van der Waals surface area (Å²) in [6.45, 7) is 0. The largest absolute Gasteiger partial charge is 0.456 e. The van der Waals surface area contributed by atoms with Gasteiger partial charge in [0.15, 0.2) is 0 Å². The molecule has 0 saturated heterocycles. The van der Waals surface area contributed by atoms with E-state index in [1.807, 2.05) is 0 Å². The number of nitrogens with zero attached hydrogens (tertiary/aromatic N) is 1. The summed E-state index contributed by atoms with van der Waals surface area (Å²) in [5, 5.41) is 12.3. The van der Waals surface area contributed by atoms with Crippen LogP contribution in [0.25, 0.3) is 87.3 Å². The molecule has 0 atom stereocenters. The molecular formula is C52H33NO. The Morgan fingerprint density at radius 3 is 1.74 bits per heavy atom. The number of benzene rings is 10. The Morgan fingerprint density at radius 1 is 0.315 bits per heavy atom. The van der Waals surface area contributed by atoms with Crippen LogP contribution >= 0.6 is 0 Å². The molecule has 0 aliphatic carbocycles. The van der Waals surface area contributed by atoms with Crippen LogP contribution in [0.15, 0.2) is 205 Å². The van der Waals surface area contributed by atoms with E-state index in [0.29, 0.717) is 0 Å². The van der Waals surface area contributed by atoms with Gasteiger partial charge in [-0.1, -0.05) is 158 Å². The fourth-order valence-corrected chi connectivity index (χ4v) is 8.54. The SMILES string of the molecule is c1ccc(-c2ccccc2N(c2ccc(-c3cccc4c3ccc3ccc5ccccc5c34)cc2)c2ccc3c(c2)oc2ccc4ccccc4c23)cc1. The highest BCUT2D eigenvalue weighted by molar-refractivity contribution is 6.22. The first-order valence-corrected chi connectivity index (χ1v) is 18.5. The second kappa shape index (κ2) is 12.2. The Hall–Kier alpha value is -7.16. The van der Waals surface area contributed by atoms with Crippen molar-refractivity contribution in [3.63, 3.8) is 0 Å². The first kappa shape index (κ1) is 30.5. The van der Waals surface area contributed by atoms with E-state index in [1.165, 1.54) is 59.8 Å². The summed E-state index contributed by atoms with van der Waals surface area (Å²) < 4.78 is 6.59. The topological polar surface area (TPSA) is 16.4 Å². The molecule has 0 radical (unpaired) electrons. The lowest BCUT2D eigenvalue weighted by Gasteiger charge is -2.28. The highest BCUT2D eigenvalue weighted by Gasteiger charge is 2.20. The number of rotatable bonds is 5. The molecule has 0 fully saturated rings. The first-order chi connectivity index (χ1) is 26.8. The van der Waals surface area contributed by atoms with Crippen LogP contribution in [0.2, 0.25) is 0 Å². The van der Waals surface area contributed by atoms with Gasteiger partial charge in [0, 0.05) is 33.8 Å². The maximum Gasteiger partial charge on any atom is 0.137 e. The van der Waals surface area contributed by atoms with Gasteiger partial charge in [-0.2, -0.15) is 0 Å². The Kier molecular flexibility index (Phi) is 6.90. The van der Waals surface area contributed by atoms with E-state index in [9.17, 15) is 0 Å². The van der Waals surface area contributed by atoms with Crippen molar-refractivity contribution in [3.05, 3.63) is 200 Å². The van der Waals surface area contributed by atoms with Gasteiger partial charge in [0.2, 0.25) is 0 Å². The molecule has 252 valence electrons. The van der Waals surface area contributed by atoms with Crippen molar-refractivity contribution in [2.45, 2.75) is 0 Å². The quantitative estimate of drug-likeness (QED) is 0.168. The maximum atomic E-state index is 6.59. The molecule has 1 aromatic heterocycles. The van der Waals surface area contributed by atoms with Crippen LogP contribution in [-0.2, 0) is 0 Å². The molecule has 11 rings (SSSR count). The minimum absolute atomic E-state index is 0.869. The smallest absolute Gasteiger partial charge is 0.137 e. The van der Waals surface area contributed by atoms with Gasteiger partial charge in [-0.3, -0.25) is 0 Å². The summed E-state index contributed by atoms with van der Waals surface area (Å²) in [6, 6.07) is 72.2. The summed E-state index contributed by atoms with van der Waals surface area (Å²) in [7, 11) is 0. The minimum Gasteiger partial charge on any atom is -0.456 e. The molecule has 2 heteroatoms. The minimum atomic E-state index is 0.869. The molecule has 1 heterocycles. The van der Waals surface area contributed by atoms with Crippen LogP contribution in [0.4, 0.5) is 17.1 Å². The van der Waals surface area contributed by atoms with Gasteiger partial charge in [-0.25, -0.2) is 0 Å². The molecule has 0 aliphatic rings. The van der Waals surface area contributed by atoms with E-state index >= 15 is 0 Å². The molecule has 54 heavy (non-hydrogen) atoms. The van der Waals surface area contributed by atoms with Gasteiger partial charge in [0.25, 0.3) is 0 Å². The summed E-state index contributed by atoms with van der Waals surface area (Å²) in [6.07, 6.45) is 0. The van der Waals surface area contributed by atoms with Gasteiger partial charge >= 0.3 is 0 Å². The zero-order chi connectivity index (χ0) is 35.6. The van der Waals surface area contributed by atoms with E-state index in [2.05, 4.69) is 205 Å². The molecule has 0 unspecified atom stereocenters. The van der Waals surface area contributed by atoms with E-state index in [0.717, 1.165) is 44.6 Å². The highest BCUT2D eigenvalue weighted by Crippen LogP contribution is 2.44. The summed E-state index contributed by atoms with van der Waals surface area (Å²) in [5.74, 6) is 0. The molecule has 0 aliphatic heterocycles. The molecular weight excluding hydrogens is 655 g/mol. The van der Waals surface area contributed by atoms with Crippen molar-refractivity contribution in [1.29, 1.82) is 0 Å². The number of hydrogen-bond donors (Lipinski definition) is 0. The van der Waals surface area contributed by atoms with Gasteiger partial charge in [-0.05, 0) is 96.2 Å². The molecule has 0 spiro atoms. The fourth-order valence-electron chi connectivity index (χ4n) is 8.54. The lowest BCUT2D eigenvalue weighted by molar-refractivity contribution is 0.669. The standard InChI is InChI=1S/C52H33NO/c1-2-11-34(12-3-1)42-15-8-9-20-48(42)53(40-29-31-47-50(33-40)54-49-32-26-36-14-5-7-17-44(36)52(47)49)39-27-23-37(24-28-39)41-18-10-19-46-45(41)30-25-38-22-21-35-13-4-6-16-43(35)51(38)46/h1-33H. The summed E-state index contributed by atoms with van der Waals surface area (Å²) in [5.41, 5.74) is 9.70. The van der Waals surface area contributed by atoms with Crippen molar-refractivity contribution in [1.82, 2.24) is 0 Å². The van der Waals surface area contributed by atoms with Crippen LogP contribution in [0.1, 0.15) is 0 Å². The summed E-state index contributed by atoms with van der Waals surface area (Å²) in [4.78, 5) is 2.36. The highest BCUT2D eigenvalue weighted by atomic mass is 16.3. The van der Waals surface area contributed by atoms with Crippen LogP contribution in [0.5, 0.6) is 0 Å². The molecule has 0 saturated carbocycles. The lowest BCUT2D eigenvalue weighted by atomic mass is 9.92. The van der Waals surface area contributed by atoms with E-state index in [4.69, 9.17) is 4.42 Å². The number of furan rings is 1. The Bertz CT molecular complexity index is 3210. The van der Waals surface area contributed by atoms with Gasteiger partial charge in [0.1, 0.15) is 11.2 Å². The van der Waals surface area contributed by atoms with Crippen molar-refractivity contribution in [2.75, 3.05) is 4.90 Å². The Morgan fingerprint density at radius 2 is 0.907 bits per heavy atom. The van der Waals surface area contributed by atoms with Crippen molar-refractivity contribution in [3.8, 4) is 22.3 Å². The van der Waals surface area contributed by atoms with Crippen molar-refractivity contribution >= 4 is 82.1 Å². The van der Waals surface area contributed by atoms with Crippen molar-refractivity contribution < 1.29 is 4.42 Å². The van der Waals surface area contributed by atoms with Crippen LogP contribution in [0, 0.1) is 0 Å². The second-order valence-corrected chi connectivity index (χ2v) is 14.1. The monoisotopic (exact) mass is 687 g/mol. The third kappa shape index (κ3) is 4.81. The predicted octanol–water partition coefficient (Wildman–Crippen LogP) is 15.0. The Labute approximate surface area is 312 Å². The van der Waals surface area contributed by atoms with Crippen LogP contribution in [-0.4, -0.2) is 0 Å². The number of hydrogen-bond acceptors (Lipinski definition) is 2. The van der Waals surface area contributed by atoms with E-state index < -0.39 is 0 Å². The van der Waals surface area contributed by atoms with Crippen LogP contribution in [0.3, 0.4) is 0 Å². The number of fused-ring (bicyclic) bond motifs is 10. The number of anilines is 3. The third-order valence-electron chi connectivity index (χ3n) is 11.0. The predicted molar refractivity (Wildman–Crippen MR) is 229 cm³/mol. The first-order valence-electron chi connectivity index (χ1n) is 18.5. The molecule has 0 amide bonds. The van der Waals surface area contributed by atoms with Gasteiger partial charge < -0.3 is 9.32 Å². The fraction of sp³-hybridized carbons (Fsp3) is 0. The molecule has 10 aromatic carbocycles. The van der Waals surface area contributed by atoms with E-state index in [1.54, 1.807) is 0 Å². The van der Waals surface area contributed by atoms with Crippen LogP contribution < -0.4 is 4.90 Å². The number of para-hydroxylation sites is 1. The average molecular weight is 688 g/mol. The molecule has 2 nitrogen and oxygen atoms in total. The second-order valence-electron chi connectivity index (χ2n) is 14.1. The summed E-state index contributed by atoms with van der Waals surface area (Å²) >= 11 is 0. The molecule has 0 bridgehead atoms. The molecule has 0 N–H and O–H groups in total. The zero-order valence-electron chi connectivity index (χ0n) is 29.4. The zero-order valence-corrected chi connectivity index (χ0v) is 29.4. The van der Waals surface area contributed by atoms with Gasteiger partial charge in [0.05, 0.1) is 5.69 Å². The Balaban J connectivity index is 1.08. The molecule has 11 aromatic rings. The lowest BCUT2D eigenvalue weighted by Crippen LogP contribution is -2.11. The third-order valence-corrected chi connectivity index (χ3v) is 11.0. The normalized spacial score (nSPS) is 11.7. The average Bonchev–Trinajstić information content (AvgIpc) is 3.63.